The van der Waals surface area contributed by atoms with Crippen molar-refractivity contribution in [2.75, 3.05) is 0 Å². The second-order valence-electron chi connectivity index (χ2n) is 8.23. The van der Waals surface area contributed by atoms with Crippen molar-refractivity contribution in [1.82, 2.24) is 0 Å². The smallest absolute Gasteiger partial charge is 0.0233 e. The molecule has 0 heterocycles. The highest BCUT2D eigenvalue weighted by Gasteiger charge is 2.20. The average molecular weight is 317 g/mol. The molecule has 0 aromatic rings. The normalized spacial score (nSPS) is 32.8. The number of allylic oxidation sites excluding steroid dienone is 4. The summed E-state index contributed by atoms with van der Waals surface area (Å²) in [7, 11) is 0. The Morgan fingerprint density at radius 2 is 1.22 bits per heavy atom. The molecule has 0 unspecified atom stereocenters. The van der Waals surface area contributed by atoms with E-state index >= 15 is 0 Å². The maximum absolute atomic E-state index is 2.57. The first kappa shape index (κ1) is 18.8. The van der Waals surface area contributed by atoms with E-state index in [1.807, 2.05) is 0 Å². The molecule has 0 N–H and O–H groups in total. The van der Waals surface area contributed by atoms with E-state index < -0.39 is 0 Å². The Balaban J connectivity index is 1.53. The predicted molar refractivity (Wildman–Crippen MR) is 104 cm³/mol. The highest BCUT2D eigenvalue weighted by Crippen LogP contribution is 2.34. The predicted octanol–water partition coefficient (Wildman–Crippen LogP) is 7.70. The first-order valence-corrected chi connectivity index (χ1v) is 10.6. The van der Waals surface area contributed by atoms with Gasteiger partial charge in [0.2, 0.25) is 0 Å². The van der Waals surface area contributed by atoms with Crippen LogP contribution in [0.25, 0.3) is 0 Å². The van der Waals surface area contributed by atoms with Crippen LogP contribution >= 0.6 is 0 Å². The van der Waals surface area contributed by atoms with Gasteiger partial charge in [-0.25, -0.2) is 0 Å². The van der Waals surface area contributed by atoms with Crippen molar-refractivity contribution in [3.05, 3.63) is 24.3 Å². The molecule has 0 aromatic heterocycles. The van der Waals surface area contributed by atoms with Gasteiger partial charge in [-0.1, -0.05) is 63.3 Å². The van der Waals surface area contributed by atoms with E-state index in [4.69, 9.17) is 0 Å². The summed E-state index contributed by atoms with van der Waals surface area (Å²) in [5.74, 6) is 3.97. The zero-order valence-electron chi connectivity index (χ0n) is 15.8. The summed E-state index contributed by atoms with van der Waals surface area (Å²) >= 11 is 0. The van der Waals surface area contributed by atoms with E-state index in [0.717, 1.165) is 23.7 Å². The van der Waals surface area contributed by atoms with E-state index in [9.17, 15) is 0 Å². The van der Waals surface area contributed by atoms with E-state index in [-0.39, 0.29) is 0 Å². The van der Waals surface area contributed by atoms with Crippen molar-refractivity contribution in [3.8, 4) is 0 Å². The van der Waals surface area contributed by atoms with Crippen LogP contribution in [0.4, 0.5) is 0 Å². The Morgan fingerprint density at radius 1 is 0.696 bits per heavy atom. The first-order valence-electron chi connectivity index (χ1n) is 10.6. The highest BCUT2D eigenvalue weighted by molar-refractivity contribution is 4.92. The van der Waals surface area contributed by atoms with Gasteiger partial charge in [-0.2, -0.15) is 0 Å². The Bertz CT molecular complexity index is 335. The van der Waals surface area contributed by atoms with Crippen molar-refractivity contribution in [2.24, 2.45) is 23.7 Å². The van der Waals surface area contributed by atoms with E-state index in [2.05, 4.69) is 38.2 Å². The molecule has 23 heavy (non-hydrogen) atoms. The fourth-order valence-electron chi connectivity index (χ4n) is 4.72. The molecule has 0 radical (unpaired) electrons. The largest absolute Gasteiger partial charge is 0.0917 e. The molecule has 132 valence electrons. The summed E-state index contributed by atoms with van der Waals surface area (Å²) in [6.45, 7) is 4.50. The van der Waals surface area contributed by atoms with Gasteiger partial charge in [-0.05, 0) is 82.0 Å². The third kappa shape index (κ3) is 7.27. The SMILES string of the molecule is C/C=C/CCC1CCC(C=CCCC2CCC(CC)CC2)CC1. The third-order valence-corrected chi connectivity index (χ3v) is 6.56. The van der Waals surface area contributed by atoms with Crippen LogP contribution in [0.2, 0.25) is 0 Å². The molecule has 0 saturated heterocycles. The third-order valence-electron chi connectivity index (χ3n) is 6.56. The molecule has 0 heteroatoms. The van der Waals surface area contributed by atoms with Gasteiger partial charge in [0, 0.05) is 0 Å². The van der Waals surface area contributed by atoms with Crippen LogP contribution in [0.3, 0.4) is 0 Å². The van der Waals surface area contributed by atoms with Crippen molar-refractivity contribution in [3.63, 3.8) is 0 Å². The molecule has 2 saturated carbocycles. The Morgan fingerprint density at radius 3 is 1.78 bits per heavy atom. The molecule has 0 amide bonds. The van der Waals surface area contributed by atoms with E-state index in [1.54, 1.807) is 0 Å². The van der Waals surface area contributed by atoms with Gasteiger partial charge in [0.1, 0.15) is 0 Å². The highest BCUT2D eigenvalue weighted by atomic mass is 14.3. The Labute approximate surface area is 145 Å². The molecule has 0 spiro atoms. The minimum absolute atomic E-state index is 0.892. The lowest BCUT2D eigenvalue weighted by Gasteiger charge is -2.28. The van der Waals surface area contributed by atoms with Crippen molar-refractivity contribution < 1.29 is 0 Å². The molecule has 0 aromatic carbocycles. The fourth-order valence-corrected chi connectivity index (χ4v) is 4.72. The second-order valence-corrected chi connectivity index (χ2v) is 8.23. The summed E-state index contributed by atoms with van der Waals surface area (Å²) < 4.78 is 0. The molecule has 2 aliphatic rings. The van der Waals surface area contributed by atoms with Gasteiger partial charge in [0.25, 0.3) is 0 Å². The maximum atomic E-state index is 2.57. The van der Waals surface area contributed by atoms with Crippen LogP contribution in [-0.2, 0) is 0 Å². The monoisotopic (exact) mass is 316 g/mol. The molecule has 0 bridgehead atoms. The van der Waals surface area contributed by atoms with Crippen molar-refractivity contribution in [1.29, 1.82) is 0 Å². The zero-order chi connectivity index (χ0) is 16.3. The average Bonchev–Trinajstić information content (AvgIpc) is 2.61. The van der Waals surface area contributed by atoms with Crippen LogP contribution in [-0.4, -0.2) is 0 Å². The van der Waals surface area contributed by atoms with Crippen LogP contribution in [0.5, 0.6) is 0 Å². The van der Waals surface area contributed by atoms with Crippen LogP contribution < -0.4 is 0 Å². The lowest BCUT2D eigenvalue weighted by Crippen LogP contribution is -2.14. The van der Waals surface area contributed by atoms with E-state index in [0.29, 0.717) is 0 Å². The summed E-state index contributed by atoms with van der Waals surface area (Å²) in [5, 5.41) is 0. The lowest BCUT2D eigenvalue weighted by molar-refractivity contribution is 0.259. The van der Waals surface area contributed by atoms with E-state index in [1.165, 1.54) is 83.5 Å². The van der Waals surface area contributed by atoms with Gasteiger partial charge < -0.3 is 0 Å². The van der Waals surface area contributed by atoms with Gasteiger partial charge >= 0.3 is 0 Å². The summed E-state index contributed by atoms with van der Waals surface area (Å²) in [5.41, 5.74) is 0. The molecule has 0 aliphatic heterocycles. The number of hydrogen-bond donors (Lipinski definition) is 0. The lowest BCUT2D eigenvalue weighted by atomic mass is 9.78. The summed E-state index contributed by atoms with van der Waals surface area (Å²) in [6, 6.07) is 0. The molecular weight excluding hydrogens is 276 g/mol. The van der Waals surface area contributed by atoms with Crippen LogP contribution in [0.1, 0.15) is 97.3 Å². The molecule has 0 atom stereocenters. The molecule has 2 rings (SSSR count). The summed E-state index contributed by atoms with van der Waals surface area (Å²) in [6.07, 6.45) is 28.4. The van der Waals surface area contributed by atoms with Crippen LogP contribution in [0, 0.1) is 23.7 Å². The number of hydrogen-bond acceptors (Lipinski definition) is 0. The molecule has 2 aliphatic carbocycles. The van der Waals surface area contributed by atoms with Gasteiger partial charge in [0.05, 0.1) is 0 Å². The fraction of sp³-hybridized carbons (Fsp3) is 0.826. The maximum Gasteiger partial charge on any atom is -0.0233 e. The summed E-state index contributed by atoms with van der Waals surface area (Å²) in [4.78, 5) is 0. The Kier molecular flexibility index (Phi) is 9.09. The minimum atomic E-state index is 0.892. The van der Waals surface area contributed by atoms with Crippen LogP contribution in [0.15, 0.2) is 24.3 Å². The quantitative estimate of drug-likeness (QED) is 0.402. The van der Waals surface area contributed by atoms with Gasteiger partial charge in [-0.3, -0.25) is 0 Å². The zero-order valence-corrected chi connectivity index (χ0v) is 15.8. The van der Waals surface area contributed by atoms with Crippen molar-refractivity contribution >= 4 is 0 Å². The minimum Gasteiger partial charge on any atom is -0.0917 e. The second kappa shape index (κ2) is 11.1. The number of rotatable bonds is 8. The van der Waals surface area contributed by atoms with Gasteiger partial charge in [-0.15, -0.1) is 0 Å². The topological polar surface area (TPSA) is 0 Å². The Hall–Kier alpha value is -0.520. The van der Waals surface area contributed by atoms with Crippen molar-refractivity contribution in [2.45, 2.75) is 97.3 Å². The standard InChI is InChI=1S/C23H40/c1-3-5-6-9-21-16-18-23(19-17-21)11-8-7-10-22-14-12-20(4-2)13-15-22/h3,5,8,11,20-23H,4,6-7,9-10,12-19H2,1-2H3/b5-3+,11-8?. The first-order chi connectivity index (χ1) is 11.3. The molecule has 0 nitrogen and oxygen atoms in total. The molecule has 2 fully saturated rings. The molecular formula is C23H40. The van der Waals surface area contributed by atoms with Gasteiger partial charge in [0.15, 0.2) is 0 Å².